The SMILES string of the molecule is COn1cc[n+]2ccccc12. The second-order valence-corrected chi connectivity index (χ2v) is 2.27. The molecule has 0 amide bonds. The van der Waals surface area contributed by atoms with Crippen molar-refractivity contribution in [2.75, 3.05) is 7.11 Å². The Morgan fingerprint density at radius 2 is 2.27 bits per heavy atom. The second kappa shape index (κ2) is 2.27. The Bertz CT molecular complexity index is 367. The van der Waals surface area contributed by atoms with E-state index in [2.05, 4.69) is 0 Å². The van der Waals surface area contributed by atoms with Crippen LogP contribution in [0.15, 0.2) is 36.8 Å². The minimum absolute atomic E-state index is 1.02. The summed E-state index contributed by atoms with van der Waals surface area (Å²) in [6, 6.07) is 5.95. The summed E-state index contributed by atoms with van der Waals surface area (Å²) >= 11 is 0. The quantitative estimate of drug-likeness (QED) is 0.533. The van der Waals surface area contributed by atoms with E-state index in [1.165, 1.54) is 0 Å². The average Bonchev–Trinajstić information content (AvgIpc) is 2.47. The molecule has 2 heterocycles. The van der Waals surface area contributed by atoms with Gasteiger partial charge in [0.1, 0.15) is 13.3 Å². The topological polar surface area (TPSA) is 18.3 Å². The van der Waals surface area contributed by atoms with E-state index >= 15 is 0 Å². The summed E-state index contributed by atoms with van der Waals surface area (Å²) in [4.78, 5) is 5.06. The molecule has 0 N–H and O–H groups in total. The van der Waals surface area contributed by atoms with Crippen molar-refractivity contribution < 1.29 is 9.24 Å². The fourth-order valence-corrected chi connectivity index (χ4v) is 1.12. The molecule has 0 aliphatic rings. The van der Waals surface area contributed by atoms with Gasteiger partial charge in [-0.25, -0.2) is 0 Å². The van der Waals surface area contributed by atoms with E-state index in [0.29, 0.717) is 0 Å². The number of aromatic nitrogens is 2. The van der Waals surface area contributed by atoms with Crippen LogP contribution in [0.5, 0.6) is 0 Å². The molecular formula is C8H9N2O+. The van der Waals surface area contributed by atoms with Gasteiger partial charge in [-0.2, -0.15) is 4.40 Å². The van der Waals surface area contributed by atoms with Crippen LogP contribution in [0.25, 0.3) is 5.65 Å². The fraction of sp³-hybridized carbons (Fsp3) is 0.125. The van der Waals surface area contributed by atoms with Gasteiger partial charge in [0.05, 0.1) is 6.20 Å². The zero-order valence-electron chi connectivity index (χ0n) is 6.27. The molecule has 0 saturated heterocycles. The fourth-order valence-electron chi connectivity index (χ4n) is 1.12. The Kier molecular flexibility index (Phi) is 1.28. The van der Waals surface area contributed by atoms with Gasteiger partial charge in [0.2, 0.25) is 0 Å². The van der Waals surface area contributed by atoms with Crippen LogP contribution < -0.4 is 9.24 Å². The van der Waals surface area contributed by atoms with Crippen molar-refractivity contribution in [3.8, 4) is 0 Å². The lowest BCUT2D eigenvalue weighted by Gasteiger charge is -1.89. The third-order valence-corrected chi connectivity index (χ3v) is 1.65. The average molecular weight is 149 g/mol. The minimum atomic E-state index is 1.02. The Hall–Kier alpha value is -1.51. The number of hydrogen-bond acceptors (Lipinski definition) is 1. The van der Waals surface area contributed by atoms with Gasteiger partial charge in [0.25, 0.3) is 0 Å². The Morgan fingerprint density at radius 3 is 3.09 bits per heavy atom. The van der Waals surface area contributed by atoms with Crippen molar-refractivity contribution in [3.05, 3.63) is 36.8 Å². The predicted molar refractivity (Wildman–Crippen MR) is 40.1 cm³/mol. The molecule has 0 aromatic carbocycles. The highest BCUT2D eigenvalue weighted by Crippen LogP contribution is 1.93. The summed E-state index contributed by atoms with van der Waals surface area (Å²) in [7, 11) is 1.65. The first-order valence-corrected chi connectivity index (χ1v) is 3.43. The largest absolute Gasteiger partial charge is 0.339 e. The van der Waals surface area contributed by atoms with Gasteiger partial charge in [-0.3, -0.25) is 0 Å². The van der Waals surface area contributed by atoms with Crippen LogP contribution in [0, 0.1) is 0 Å². The summed E-state index contributed by atoms with van der Waals surface area (Å²) in [5.74, 6) is 0. The zero-order valence-corrected chi connectivity index (χ0v) is 6.27. The molecule has 0 fully saturated rings. The molecule has 0 aliphatic carbocycles. The third-order valence-electron chi connectivity index (χ3n) is 1.65. The monoisotopic (exact) mass is 149 g/mol. The standard InChI is InChI=1S/C8H9N2O/c1-11-10-7-6-9-5-3-2-4-8(9)10/h2-7H,1H3/q+1. The third kappa shape index (κ3) is 0.852. The van der Waals surface area contributed by atoms with Gasteiger partial charge in [0, 0.05) is 6.07 Å². The van der Waals surface area contributed by atoms with Crippen LogP contribution in [0.3, 0.4) is 0 Å². The van der Waals surface area contributed by atoms with Gasteiger partial charge in [-0.05, 0) is 10.8 Å². The smallest absolute Gasteiger partial charge is 0.325 e. The number of nitrogens with zero attached hydrogens (tertiary/aromatic N) is 2. The Labute approximate surface area is 64.4 Å². The molecule has 11 heavy (non-hydrogen) atoms. The molecule has 0 atom stereocenters. The molecular weight excluding hydrogens is 140 g/mol. The number of hydrogen-bond donors (Lipinski definition) is 0. The normalized spacial score (nSPS) is 10.3. The van der Waals surface area contributed by atoms with Crippen LogP contribution in [0.4, 0.5) is 0 Å². The van der Waals surface area contributed by atoms with Crippen LogP contribution in [0.2, 0.25) is 0 Å². The maximum absolute atomic E-state index is 5.06. The van der Waals surface area contributed by atoms with Crippen molar-refractivity contribution >= 4 is 5.65 Å². The number of imidazole rings is 1. The van der Waals surface area contributed by atoms with Gasteiger partial charge < -0.3 is 4.84 Å². The molecule has 2 rings (SSSR count). The van der Waals surface area contributed by atoms with Crippen LogP contribution in [-0.2, 0) is 0 Å². The predicted octanol–water partition coefficient (Wildman–Crippen LogP) is 0.285. The first kappa shape index (κ1) is 6.22. The van der Waals surface area contributed by atoms with Crippen LogP contribution >= 0.6 is 0 Å². The van der Waals surface area contributed by atoms with Crippen molar-refractivity contribution in [1.82, 2.24) is 4.73 Å². The molecule has 0 aliphatic heterocycles. The van der Waals surface area contributed by atoms with Crippen LogP contribution in [-0.4, -0.2) is 11.8 Å². The summed E-state index contributed by atoms with van der Waals surface area (Å²) in [5, 5.41) is 0. The molecule has 3 heteroatoms. The first-order valence-electron chi connectivity index (χ1n) is 3.43. The highest BCUT2D eigenvalue weighted by atomic mass is 16.6. The van der Waals surface area contributed by atoms with Gasteiger partial charge in [-0.15, -0.1) is 0 Å². The van der Waals surface area contributed by atoms with Crippen molar-refractivity contribution in [2.24, 2.45) is 0 Å². The molecule has 0 bridgehead atoms. The molecule has 56 valence electrons. The maximum atomic E-state index is 5.06. The van der Waals surface area contributed by atoms with E-state index in [-0.39, 0.29) is 0 Å². The lowest BCUT2D eigenvalue weighted by atomic mass is 10.5. The molecule has 0 radical (unpaired) electrons. The maximum Gasteiger partial charge on any atom is 0.325 e. The summed E-state index contributed by atoms with van der Waals surface area (Å²) < 4.78 is 3.70. The van der Waals surface area contributed by atoms with Gasteiger partial charge in [-0.1, -0.05) is 6.07 Å². The van der Waals surface area contributed by atoms with E-state index < -0.39 is 0 Å². The minimum Gasteiger partial charge on any atom is -0.339 e. The first-order chi connectivity index (χ1) is 5.42. The molecule has 2 aromatic heterocycles. The number of fused-ring (bicyclic) bond motifs is 1. The van der Waals surface area contributed by atoms with Gasteiger partial charge >= 0.3 is 5.65 Å². The Morgan fingerprint density at radius 1 is 1.36 bits per heavy atom. The lowest BCUT2D eigenvalue weighted by Crippen LogP contribution is -2.19. The van der Waals surface area contributed by atoms with E-state index in [1.54, 1.807) is 11.8 Å². The highest BCUT2D eigenvalue weighted by molar-refractivity contribution is 5.28. The molecule has 3 nitrogen and oxygen atoms in total. The van der Waals surface area contributed by atoms with E-state index in [0.717, 1.165) is 5.65 Å². The molecule has 0 saturated carbocycles. The molecule has 0 unspecified atom stereocenters. The lowest BCUT2D eigenvalue weighted by molar-refractivity contribution is -0.511. The zero-order chi connectivity index (χ0) is 7.68. The van der Waals surface area contributed by atoms with E-state index in [9.17, 15) is 0 Å². The highest BCUT2D eigenvalue weighted by Gasteiger charge is 2.06. The Balaban J connectivity index is 2.76. The molecule has 0 spiro atoms. The molecule has 2 aromatic rings. The van der Waals surface area contributed by atoms with E-state index in [1.807, 2.05) is 41.2 Å². The van der Waals surface area contributed by atoms with Crippen molar-refractivity contribution in [2.45, 2.75) is 0 Å². The number of rotatable bonds is 1. The summed E-state index contributed by atoms with van der Waals surface area (Å²) in [6.45, 7) is 0. The summed E-state index contributed by atoms with van der Waals surface area (Å²) in [5.41, 5.74) is 1.02. The van der Waals surface area contributed by atoms with Crippen LogP contribution in [0.1, 0.15) is 0 Å². The second-order valence-electron chi connectivity index (χ2n) is 2.27. The van der Waals surface area contributed by atoms with E-state index in [4.69, 9.17) is 4.84 Å². The van der Waals surface area contributed by atoms with Gasteiger partial charge in [0.15, 0.2) is 6.20 Å². The van der Waals surface area contributed by atoms with Crippen molar-refractivity contribution in [1.29, 1.82) is 0 Å². The summed E-state index contributed by atoms with van der Waals surface area (Å²) in [6.07, 6.45) is 5.79. The van der Waals surface area contributed by atoms with Crippen molar-refractivity contribution in [3.63, 3.8) is 0 Å². The number of pyridine rings is 1.